The van der Waals surface area contributed by atoms with E-state index in [1.54, 1.807) is 12.4 Å². The SMILES string of the molecule is Cc1c(C(=O)NC(C)c2ccc(-c3ccncc3)cc2)nnn1C1CCNCC1.Cl.Cl. The number of amides is 1. The first-order valence-electron chi connectivity index (χ1n) is 10.1. The predicted octanol–water partition coefficient (Wildman–Crippen LogP) is 3.91. The number of benzene rings is 1. The summed E-state index contributed by atoms with van der Waals surface area (Å²) in [4.78, 5) is 16.8. The van der Waals surface area contributed by atoms with Crippen LogP contribution >= 0.6 is 24.8 Å². The Morgan fingerprint density at radius 3 is 2.32 bits per heavy atom. The highest BCUT2D eigenvalue weighted by atomic mass is 35.5. The van der Waals surface area contributed by atoms with E-state index in [-0.39, 0.29) is 36.8 Å². The summed E-state index contributed by atoms with van der Waals surface area (Å²) < 4.78 is 1.91. The van der Waals surface area contributed by atoms with Gasteiger partial charge in [0.1, 0.15) is 0 Å². The number of carbonyl (C=O) groups is 1. The van der Waals surface area contributed by atoms with E-state index in [2.05, 4.69) is 38.1 Å². The Hall–Kier alpha value is -2.48. The third kappa shape index (κ3) is 5.61. The molecular formula is C22H28Cl2N6O. The molecule has 0 bridgehead atoms. The maximum Gasteiger partial charge on any atom is 0.274 e. The molecule has 0 spiro atoms. The van der Waals surface area contributed by atoms with Gasteiger partial charge in [-0.15, -0.1) is 29.9 Å². The normalized spacial score (nSPS) is 14.8. The zero-order chi connectivity index (χ0) is 20.2. The van der Waals surface area contributed by atoms with Gasteiger partial charge >= 0.3 is 0 Å². The molecule has 1 saturated heterocycles. The molecule has 1 aliphatic rings. The number of rotatable bonds is 5. The summed E-state index contributed by atoms with van der Waals surface area (Å²) in [6, 6.07) is 12.3. The van der Waals surface area contributed by atoms with Gasteiger partial charge < -0.3 is 10.6 Å². The zero-order valence-corrected chi connectivity index (χ0v) is 19.2. The summed E-state index contributed by atoms with van der Waals surface area (Å²) in [5, 5.41) is 14.8. The molecule has 1 fully saturated rings. The van der Waals surface area contributed by atoms with Crippen molar-refractivity contribution < 1.29 is 4.79 Å². The summed E-state index contributed by atoms with van der Waals surface area (Å²) in [6.07, 6.45) is 5.58. The number of nitrogens with zero attached hydrogens (tertiary/aromatic N) is 4. The first-order valence-corrected chi connectivity index (χ1v) is 10.1. The van der Waals surface area contributed by atoms with Crippen LogP contribution in [0, 0.1) is 6.92 Å². The summed E-state index contributed by atoms with van der Waals surface area (Å²) in [5.74, 6) is -0.187. The highest BCUT2D eigenvalue weighted by Gasteiger charge is 2.23. The van der Waals surface area contributed by atoms with Crippen LogP contribution in [0.4, 0.5) is 0 Å². The molecule has 1 amide bonds. The van der Waals surface area contributed by atoms with Gasteiger partial charge in [0.25, 0.3) is 5.91 Å². The van der Waals surface area contributed by atoms with Crippen molar-refractivity contribution in [3.63, 3.8) is 0 Å². The van der Waals surface area contributed by atoms with Crippen LogP contribution in [0.1, 0.15) is 53.6 Å². The second-order valence-corrected chi connectivity index (χ2v) is 7.50. The third-order valence-electron chi connectivity index (χ3n) is 5.57. The van der Waals surface area contributed by atoms with E-state index in [1.807, 2.05) is 42.8 Å². The molecule has 1 aliphatic heterocycles. The Morgan fingerprint density at radius 1 is 1.06 bits per heavy atom. The van der Waals surface area contributed by atoms with Crippen molar-refractivity contribution >= 4 is 30.7 Å². The lowest BCUT2D eigenvalue weighted by Crippen LogP contribution is -2.31. The van der Waals surface area contributed by atoms with E-state index in [4.69, 9.17) is 0 Å². The number of nitrogens with one attached hydrogen (secondary N) is 2. The quantitative estimate of drug-likeness (QED) is 0.600. The van der Waals surface area contributed by atoms with Crippen LogP contribution in [0.25, 0.3) is 11.1 Å². The lowest BCUT2D eigenvalue weighted by molar-refractivity contribution is 0.0934. The van der Waals surface area contributed by atoms with Crippen LogP contribution < -0.4 is 10.6 Å². The number of hydrogen-bond acceptors (Lipinski definition) is 5. The van der Waals surface area contributed by atoms with Crippen molar-refractivity contribution in [3.8, 4) is 11.1 Å². The van der Waals surface area contributed by atoms with Crippen LogP contribution in [-0.4, -0.2) is 39.0 Å². The topological polar surface area (TPSA) is 84.7 Å². The number of pyridine rings is 1. The van der Waals surface area contributed by atoms with Crippen LogP contribution in [0.5, 0.6) is 0 Å². The van der Waals surface area contributed by atoms with E-state index in [9.17, 15) is 4.79 Å². The van der Waals surface area contributed by atoms with Gasteiger partial charge in [0.05, 0.1) is 17.8 Å². The molecular weight excluding hydrogens is 435 g/mol. The van der Waals surface area contributed by atoms with Crippen molar-refractivity contribution in [2.24, 2.45) is 0 Å². The van der Waals surface area contributed by atoms with E-state index < -0.39 is 0 Å². The molecule has 3 heterocycles. The lowest BCUT2D eigenvalue weighted by atomic mass is 10.0. The Labute approximate surface area is 194 Å². The zero-order valence-electron chi connectivity index (χ0n) is 17.6. The summed E-state index contributed by atoms with van der Waals surface area (Å²) in [5.41, 5.74) is 4.52. The van der Waals surface area contributed by atoms with Crippen LogP contribution in [0.15, 0.2) is 48.8 Å². The van der Waals surface area contributed by atoms with Gasteiger partial charge in [-0.05, 0) is 68.6 Å². The van der Waals surface area contributed by atoms with Crippen LogP contribution in [0.3, 0.4) is 0 Å². The Kier molecular flexibility index (Phi) is 8.98. The van der Waals surface area contributed by atoms with Gasteiger partial charge in [-0.25, -0.2) is 4.68 Å². The summed E-state index contributed by atoms with van der Waals surface area (Å²) in [7, 11) is 0. The number of carbonyl (C=O) groups excluding carboxylic acids is 1. The molecule has 1 unspecified atom stereocenters. The fraction of sp³-hybridized carbons (Fsp3) is 0.364. The molecule has 0 radical (unpaired) electrons. The predicted molar refractivity (Wildman–Crippen MR) is 126 cm³/mol. The average Bonchev–Trinajstić information content (AvgIpc) is 3.16. The molecule has 9 heteroatoms. The van der Waals surface area contributed by atoms with Gasteiger partial charge in [0.15, 0.2) is 5.69 Å². The number of aromatic nitrogens is 4. The molecule has 0 saturated carbocycles. The smallest absolute Gasteiger partial charge is 0.274 e. The molecule has 2 N–H and O–H groups in total. The highest BCUT2D eigenvalue weighted by molar-refractivity contribution is 5.93. The molecule has 4 rings (SSSR count). The monoisotopic (exact) mass is 462 g/mol. The van der Waals surface area contributed by atoms with Crippen molar-refractivity contribution in [2.45, 2.75) is 38.8 Å². The standard InChI is InChI=1S/C22H26N6O.2ClH/c1-15(17-3-5-18(6-4-17)19-7-11-23-12-8-19)25-22(29)21-16(2)28(27-26-21)20-9-13-24-14-10-20;;/h3-8,11-12,15,20,24H,9-10,13-14H2,1-2H3,(H,25,29);2*1H. The Morgan fingerprint density at radius 2 is 1.68 bits per heavy atom. The van der Waals surface area contributed by atoms with E-state index in [0.29, 0.717) is 11.7 Å². The molecule has 2 aromatic heterocycles. The van der Waals surface area contributed by atoms with Crippen molar-refractivity contribution in [1.29, 1.82) is 0 Å². The molecule has 166 valence electrons. The lowest BCUT2D eigenvalue weighted by Gasteiger charge is -2.23. The first kappa shape index (κ1) is 24.8. The maximum absolute atomic E-state index is 12.8. The summed E-state index contributed by atoms with van der Waals surface area (Å²) >= 11 is 0. The fourth-order valence-corrected chi connectivity index (χ4v) is 3.81. The minimum atomic E-state index is -0.187. The van der Waals surface area contributed by atoms with Crippen LogP contribution in [-0.2, 0) is 0 Å². The second kappa shape index (κ2) is 11.2. The molecule has 1 atom stereocenters. The highest BCUT2D eigenvalue weighted by Crippen LogP contribution is 2.23. The van der Waals surface area contributed by atoms with E-state index in [1.165, 1.54) is 0 Å². The number of piperidine rings is 1. The van der Waals surface area contributed by atoms with Gasteiger partial charge in [-0.1, -0.05) is 29.5 Å². The van der Waals surface area contributed by atoms with Crippen molar-refractivity contribution in [1.82, 2.24) is 30.6 Å². The number of hydrogen-bond donors (Lipinski definition) is 2. The summed E-state index contributed by atoms with van der Waals surface area (Å²) in [6.45, 7) is 5.84. The van der Waals surface area contributed by atoms with Gasteiger partial charge in [-0.2, -0.15) is 0 Å². The van der Waals surface area contributed by atoms with Crippen LogP contribution in [0.2, 0.25) is 0 Å². The van der Waals surface area contributed by atoms with Gasteiger partial charge in [0, 0.05) is 12.4 Å². The van der Waals surface area contributed by atoms with E-state index in [0.717, 1.165) is 48.3 Å². The minimum Gasteiger partial charge on any atom is -0.344 e. The fourth-order valence-electron chi connectivity index (χ4n) is 3.81. The van der Waals surface area contributed by atoms with Crippen molar-refractivity contribution in [2.75, 3.05) is 13.1 Å². The molecule has 31 heavy (non-hydrogen) atoms. The third-order valence-corrected chi connectivity index (χ3v) is 5.57. The largest absolute Gasteiger partial charge is 0.344 e. The Bertz CT molecular complexity index is 971. The van der Waals surface area contributed by atoms with Gasteiger partial charge in [0.2, 0.25) is 0 Å². The molecule has 0 aliphatic carbocycles. The average molecular weight is 463 g/mol. The molecule has 1 aromatic carbocycles. The number of halogens is 2. The first-order chi connectivity index (χ1) is 14.1. The maximum atomic E-state index is 12.8. The minimum absolute atomic E-state index is 0. The second-order valence-electron chi connectivity index (χ2n) is 7.50. The van der Waals surface area contributed by atoms with Crippen molar-refractivity contribution in [3.05, 3.63) is 65.7 Å². The molecule has 7 nitrogen and oxygen atoms in total. The van der Waals surface area contributed by atoms with Gasteiger partial charge in [-0.3, -0.25) is 9.78 Å². The van der Waals surface area contributed by atoms with E-state index >= 15 is 0 Å². The Balaban J connectivity index is 0.00000171. The molecule has 3 aromatic rings.